The average Bonchev–Trinajstić information content (AvgIpc) is 2.98. The zero-order valence-electron chi connectivity index (χ0n) is 16.2. The Morgan fingerprint density at radius 1 is 1.11 bits per heavy atom. The van der Waals surface area contributed by atoms with Gasteiger partial charge in [-0.1, -0.05) is 0 Å². The van der Waals surface area contributed by atoms with E-state index in [0.717, 1.165) is 12.2 Å². The lowest BCUT2D eigenvalue weighted by Gasteiger charge is -2.34. The number of rotatable bonds is 6. The number of hydrogen-bond acceptors (Lipinski definition) is 6. The van der Waals surface area contributed by atoms with Crippen LogP contribution in [0.25, 0.3) is 0 Å². The van der Waals surface area contributed by atoms with Crippen molar-refractivity contribution >= 4 is 10.0 Å². The van der Waals surface area contributed by atoms with E-state index < -0.39 is 10.0 Å². The molecule has 1 aliphatic heterocycles. The van der Waals surface area contributed by atoms with Gasteiger partial charge in [-0.05, 0) is 19.1 Å². The van der Waals surface area contributed by atoms with Gasteiger partial charge in [-0.15, -0.1) is 0 Å². The van der Waals surface area contributed by atoms with Crippen LogP contribution in [0.5, 0.6) is 11.5 Å². The second kappa shape index (κ2) is 7.87. The van der Waals surface area contributed by atoms with Crippen LogP contribution in [-0.2, 0) is 23.6 Å². The zero-order valence-corrected chi connectivity index (χ0v) is 17.0. The Kier molecular flexibility index (Phi) is 5.73. The van der Waals surface area contributed by atoms with E-state index in [-0.39, 0.29) is 4.90 Å². The van der Waals surface area contributed by atoms with Gasteiger partial charge in [0.1, 0.15) is 16.4 Å². The first-order chi connectivity index (χ1) is 12.8. The second-order valence-electron chi connectivity index (χ2n) is 6.61. The first-order valence-corrected chi connectivity index (χ1v) is 10.2. The Hall–Kier alpha value is -2.10. The molecule has 1 aliphatic rings. The van der Waals surface area contributed by atoms with Gasteiger partial charge in [0.15, 0.2) is 0 Å². The third kappa shape index (κ3) is 4.10. The molecular formula is C18H26N4O4S. The lowest BCUT2D eigenvalue weighted by atomic mass is 10.2. The molecule has 8 nitrogen and oxygen atoms in total. The van der Waals surface area contributed by atoms with E-state index in [1.54, 1.807) is 16.8 Å². The van der Waals surface area contributed by atoms with Crippen LogP contribution in [0.15, 0.2) is 29.3 Å². The van der Waals surface area contributed by atoms with Gasteiger partial charge in [0, 0.05) is 57.6 Å². The molecule has 1 saturated heterocycles. The minimum Gasteiger partial charge on any atom is -0.497 e. The molecule has 1 aromatic heterocycles. The molecule has 3 rings (SSSR count). The summed E-state index contributed by atoms with van der Waals surface area (Å²) in [6, 6.07) is 4.82. The van der Waals surface area contributed by atoms with Crippen molar-refractivity contribution in [3.05, 3.63) is 35.7 Å². The van der Waals surface area contributed by atoms with Gasteiger partial charge in [0.2, 0.25) is 10.0 Å². The second-order valence-corrected chi connectivity index (χ2v) is 8.52. The van der Waals surface area contributed by atoms with E-state index >= 15 is 0 Å². The Balaban J connectivity index is 1.72. The standard InChI is InChI=1S/C18H26N4O4S/c1-14-15(12-20(2)19-14)13-21-7-9-22(10-8-21)27(23,24)18-11-16(25-3)5-6-17(18)26-4/h5-6,11-12H,7-10,13H2,1-4H3. The number of aromatic nitrogens is 2. The number of nitrogens with zero attached hydrogens (tertiary/aromatic N) is 4. The Morgan fingerprint density at radius 3 is 2.37 bits per heavy atom. The summed E-state index contributed by atoms with van der Waals surface area (Å²) >= 11 is 0. The summed E-state index contributed by atoms with van der Waals surface area (Å²) in [5, 5.41) is 4.36. The molecule has 9 heteroatoms. The monoisotopic (exact) mass is 394 g/mol. The normalized spacial score (nSPS) is 16.4. The Labute approximate surface area is 160 Å². The quantitative estimate of drug-likeness (QED) is 0.734. The molecule has 0 N–H and O–H groups in total. The van der Waals surface area contributed by atoms with Gasteiger partial charge in [0.25, 0.3) is 0 Å². The van der Waals surface area contributed by atoms with Crippen LogP contribution in [0, 0.1) is 6.92 Å². The van der Waals surface area contributed by atoms with E-state index in [2.05, 4.69) is 10.00 Å². The number of ether oxygens (including phenoxy) is 2. The minimum absolute atomic E-state index is 0.140. The van der Waals surface area contributed by atoms with Crippen molar-refractivity contribution in [1.82, 2.24) is 19.0 Å². The summed E-state index contributed by atoms with van der Waals surface area (Å²) in [6.07, 6.45) is 2.01. The fourth-order valence-corrected chi connectivity index (χ4v) is 4.89. The molecule has 0 aliphatic carbocycles. The maximum absolute atomic E-state index is 13.1. The SMILES string of the molecule is COc1ccc(OC)c(S(=O)(=O)N2CCN(Cc3cn(C)nc3C)CC2)c1. The topological polar surface area (TPSA) is 76.9 Å². The summed E-state index contributed by atoms with van der Waals surface area (Å²) in [4.78, 5) is 2.39. The van der Waals surface area contributed by atoms with Crippen LogP contribution in [-0.4, -0.2) is 67.8 Å². The highest BCUT2D eigenvalue weighted by Gasteiger charge is 2.31. The molecule has 2 heterocycles. The largest absolute Gasteiger partial charge is 0.497 e. The van der Waals surface area contributed by atoms with Crippen molar-refractivity contribution in [2.75, 3.05) is 40.4 Å². The molecular weight excluding hydrogens is 368 g/mol. The third-order valence-corrected chi connectivity index (χ3v) is 6.75. The summed E-state index contributed by atoms with van der Waals surface area (Å²) in [6.45, 7) is 4.96. The third-order valence-electron chi connectivity index (χ3n) is 4.83. The predicted octanol–water partition coefficient (Wildman–Crippen LogP) is 1.25. The molecule has 0 spiro atoms. The highest BCUT2D eigenvalue weighted by atomic mass is 32.2. The fraction of sp³-hybridized carbons (Fsp3) is 0.500. The van der Waals surface area contributed by atoms with Gasteiger partial charge in [0.05, 0.1) is 19.9 Å². The van der Waals surface area contributed by atoms with Crippen LogP contribution < -0.4 is 9.47 Å². The number of aryl methyl sites for hydroxylation is 2. The van der Waals surface area contributed by atoms with E-state index in [1.165, 1.54) is 30.2 Å². The van der Waals surface area contributed by atoms with Crippen molar-refractivity contribution in [2.24, 2.45) is 7.05 Å². The van der Waals surface area contributed by atoms with Crippen LogP contribution in [0.1, 0.15) is 11.3 Å². The summed E-state index contributed by atoms with van der Waals surface area (Å²) in [5.74, 6) is 0.810. The zero-order chi connectivity index (χ0) is 19.6. The van der Waals surface area contributed by atoms with Crippen molar-refractivity contribution in [3.8, 4) is 11.5 Å². The number of sulfonamides is 1. The van der Waals surface area contributed by atoms with Crippen molar-refractivity contribution < 1.29 is 17.9 Å². The first kappa shape index (κ1) is 19.7. The number of piperazine rings is 1. The molecule has 0 radical (unpaired) electrons. The van der Waals surface area contributed by atoms with E-state index in [4.69, 9.17) is 9.47 Å². The lowest BCUT2D eigenvalue weighted by molar-refractivity contribution is 0.181. The van der Waals surface area contributed by atoms with Crippen LogP contribution in [0.2, 0.25) is 0 Å². The molecule has 0 amide bonds. The molecule has 0 bridgehead atoms. The van der Waals surface area contributed by atoms with E-state index in [9.17, 15) is 8.42 Å². The van der Waals surface area contributed by atoms with Crippen molar-refractivity contribution in [1.29, 1.82) is 0 Å². The number of benzene rings is 1. The van der Waals surface area contributed by atoms with Gasteiger partial charge >= 0.3 is 0 Å². The fourth-order valence-electron chi connectivity index (χ4n) is 3.30. The number of hydrogen-bond donors (Lipinski definition) is 0. The van der Waals surface area contributed by atoms with Gasteiger partial charge in [-0.3, -0.25) is 9.58 Å². The van der Waals surface area contributed by atoms with Gasteiger partial charge in [-0.25, -0.2) is 8.42 Å². The van der Waals surface area contributed by atoms with Gasteiger partial charge in [-0.2, -0.15) is 9.40 Å². The van der Waals surface area contributed by atoms with Crippen LogP contribution in [0.4, 0.5) is 0 Å². The highest BCUT2D eigenvalue weighted by molar-refractivity contribution is 7.89. The molecule has 1 fully saturated rings. The van der Waals surface area contributed by atoms with Crippen molar-refractivity contribution in [3.63, 3.8) is 0 Å². The predicted molar refractivity (Wildman–Crippen MR) is 102 cm³/mol. The summed E-state index contributed by atoms with van der Waals surface area (Å²) in [5.41, 5.74) is 2.18. The lowest BCUT2D eigenvalue weighted by Crippen LogP contribution is -2.48. The maximum Gasteiger partial charge on any atom is 0.246 e. The molecule has 0 atom stereocenters. The summed E-state index contributed by atoms with van der Waals surface area (Å²) in [7, 11) is 1.23. The van der Waals surface area contributed by atoms with Crippen LogP contribution in [0.3, 0.4) is 0 Å². The highest BCUT2D eigenvalue weighted by Crippen LogP contribution is 2.31. The molecule has 148 valence electrons. The average molecular weight is 394 g/mol. The number of methoxy groups -OCH3 is 2. The van der Waals surface area contributed by atoms with Crippen molar-refractivity contribution in [2.45, 2.75) is 18.4 Å². The molecule has 0 unspecified atom stereocenters. The van der Waals surface area contributed by atoms with E-state index in [0.29, 0.717) is 37.7 Å². The van der Waals surface area contributed by atoms with Gasteiger partial charge < -0.3 is 9.47 Å². The Bertz CT molecular complexity index is 902. The van der Waals surface area contributed by atoms with Crippen LogP contribution >= 0.6 is 0 Å². The van der Waals surface area contributed by atoms with E-state index in [1.807, 2.05) is 20.2 Å². The minimum atomic E-state index is -3.65. The Morgan fingerprint density at radius 2 is 1.81 bits per heavy atom. The molecule has 0 saturated carbocycles. The maximum atomic E-state index is 13.1. The molecule has 2 aromatic rings. The summed E-state index contributed by atoms with van der Waals surface area (Å²) < 4.78 is 40.0. The molecule has 27 heavy (non-hydrogen) atoms. The molecule has 1 aromatic carbocycles. The first-order valence-electron chi connectivity index (χ1n) is 8.79. The smallest absolute Gasteiger partial charge is 0.246 e.